The zero-order valence-corrected chi connectivity index (χ0v) is 15.6. The fourth-order valence-electron chi connectivity index (χ4n) is 2.22. The SMILES string of the molecule is Cc1ccc(COc2c(Cl)cc(C=C3SC(N)=NC3=O)cc2Cl)cc1. The number of hydrogen-bond acceptors (Lipinski definition) is 4. The van der Waals surface area contributed by atoms with Crippen molar-refractivity contribution in [3.8, 4) is 5.75 Å². The Morgan fingerprint density at radius 2 is 1.84 bits per heavy atom. The van der Waals surface area contributed by atoms with Crippen LogP contribution in [0.4, 0.5) is 0 Å². The van der Waals surface area contributed by atoms with E-state index in [1.54, 1.807) is 18.2 Å². The highest BCUT2D eigenvalue weighted by Gasteiger charge is 2.20. The first-order valence-corrected chi connectivity index (χ1v) is 8.95. The van der Waals surface area contributed by atoms with Gasteiger partial charge in [-0.1, -0.05) is 53.0 Å². The molecule has 128 valence electrons. The molecule has 0 fully saturated rings. The fourth-order valence-corrected chi connectivity index (χ4v) is 3.51. The Morgan fingerprint density at radius 1 is 1.20 bits per heavy atom. The Bertz CT molecular complexity index is 869. The first-order valence-electron chi connectivity index (χ1n) is 7.38. The highest BCUT2D eigenvalue weighted by atomic mass is 35.5. The molecule has 2 aromatic rings. The molecule has 2 N–H and O–H groups in total. The van der Waals surface area contributed by atoms with Crippen molar-refractivity contribution in [2.45, 2.75) is 13.5 Å². The lowest BCUT2D eigenvalue weighted by atomic mass is 10.1. The molecule has 0 atom stereocenters. The number of aryl methyl sites for hydroxylation is 1. The second-order valence-electron chi connectivity index (χ2n) is 5.45. The van der Waals surface area contributed by atoms with Crippen molar-refractivity contribution >= 4 is 52.1 Å². The minimum Gasteiger partial charge on any atom is -0.486 e. The molecule has 4 nitrogen and oxygen atoms in total. The van der Waals surface area contributed by atoms with Gasteiger partial charge in [0.1, 0.15) is 6.61 Å². The number of carbonyl (C=O) groups excluding carboxylic acids is 1. The maximum Gasteiger partial charge on any atom is 0.286 e. The smallest absolute Gasteiger partial charge is 0.286 e. The summed E-state index contributed by atoms with van der Waals surface area (Å²) in [6.07, 6.45) is 1.65. The van der Waals surface area contributed by atoms with Gasteiger partial charge in [0, 0.05) is 0 Å². The van der Waals surface area contributed by atoms with Crippen LogP contribution < -0.4 is 10.5 Å². The molecular weight excluding hydrogens is 379 g/mol. The van der Waals surface area contributed by atoms with Crippen LogP contribution in [0.2, 0.25) is 10.0 Å². The summed E-state index contributed by atoms with van der Waals surface area (Å²) in [5.74, 6) is 0.0432. The van der Waals surface area contributed by atoms with E-state index in [2.05, 4.69) is 4.99 Å². The third-order valence-electron chi connectivity index (χ3n) is 3.46. The van der Waals surface area contributed by atoms with E-state index < -0.39 is 0 Å². The first kappa shape index (κ1) is 17.9. The van der Waals surface area contributed by atoms with Crippen molar-refractivity contribution in [3.63, 3.8) is 0 Å². The van der Waals surface area contributed by atoms with Crippen LogP contribution >= 0.6 is 35.0 Å². The van der Waals surface area contributed by atoms with Gasteiger partial charge >= 0.3 is 0 Å². The summed E-state index contributed by atoms with van der Waals surface area (Å²) in [7, 11) is 0. The summed E-state index contributed by atoms with van der Waals surface area (Å²) < 4.78 is 5.76. The predicted molar refractivity (Wildman–Crippen MR) is 104 cm³/mol. The Labute approximate surface area is 159 Å². The monoisotopic (exact) mass is 392 g/mol. The zero-order chi connectivity index (χ0) is 18.0. The highest BCUT2D eigenvalue weighted by Crippen LogP contribution is 2.36. The van der Waals surface area contributed by atoms with Gasteiger partial charge in [0.15, 0.2) is 10.9 Å². The van der Waals surface area contributed by atoms with Crippen molar-refractivity contribution in [2.24, 2.45) is 10.7 Å². The number of benzene rings is 2. The number of hydrogen-bond donors (Lipinski definition) is 1. The average Bonchev–Trinajstić information content (AvgIpc) is 2.86. The topological polar surface area (TPSA) is 64.7 Å². The van der Waals surface area contributed by atoms with Gasteiger partial charge in [-0.2, -0.15) is 4.99 Å². The van der Waals surface area contributed by atoms with Crippen LogP contribution in [0.3, 0.4) is 0 Å². The number of halogens is 2. The molecule has 0 radical (unpaired) electrons. The normalized spacial score (nSPS) is 15.6. The van der Waals surface area contributed by atoms with Crippen molar-refractivity contribution in [1.29, 1.82) is 0 Å². The fraction of sp³-hybridized carbons (Fsp3) is 0.111. The minimum absolute atomic E-state index is 0.228. The summed E-state index contributed by atoms with van der Waals surface area (Å²) in [6, 6.07) is 11.4. The van der Waals surface area contributed by atoms with E-state index in [-0.39, 0.29) is 11.1 Å². The number of rotatable bonds is 4. The van der Waals surface area contributed by atoms with E-state index in [4.69, 9.17) is 33.7 Å². The largest absolute Gasteiger partial charge is 0.486 e. The lowest BCUT2D eigenvalue weighted by Gasteiger charge is -2.11. The van der Waals surface area contributed by atoms with Crippen LogP contribution in [-0.2, 0) is 11.4 Å². The Hall–Kier alpha value is -1.95. The molecule has 3 rings (SSSR count). The Kier molecular flexibility index (Phi) is 5.37. The molecule has 1 aliphatic rings. The number of carbonyl (C=O) groups is 1. The van der Waals surface area contributed by atoms with Crippen molar-refractivity contribution in [1.82, 2.24) is 0 Å². The van der Waals surface area contributed by atoms with Gasteiger partial charge in [0.05, 0.1) is 15.0 Å². The van der Waals surface area contributed by atoms with Crippen LogP contribution in [-0.4, -0.2) is 11.1 Å². The van der Waals surface area contributed by atoms with Crippen LogP contribution in [0.25, 0.3) is 6.08 Å². The first-order chi connectivity index (χ1) is 11.9. The van der Waals surface area contributed by atoms with E-state index in [1.165, 1.54) is 5.56 Å². The van der Waals surface area contributed by atoms with E-state index in [0.29, 0.717) is 32.9 Å². The Balaban J connectivity index is 1.77. The number of amides is 1. The predicted octanol–water partition coefficient (Wildman–Crippen LogP) is 4.81. The highest BCUT2D eigenvalue weighted by molar-refractivity contribution is 8.18. The van der Waals surface area contributed by atoms with Gasteiger partial charge in [0.25, 0.3) is 5.91 Å². The number of amidine groups is 1. The molecule has 0 bridgehead atoms. The minimum atomic E-state index is -0.366. The number of nitrogens with two attached hydrogens (primary N) is 1. The maximum absolute atomic E-state index is 11.7. The molecule has 0 aromatic heterocycles. The maximum atomic E-state index is 11.7. The summed E-state index contributed by atoms with van der Waals surface area (Å²) >= 11 is 13.7. The summed E-state index contributed by atoms with van der Waals surface area (Å²) in [4.78, 5) is 15.7. The van der Waals surface area contributed by atoms with Crippen LogP contribution in [0, 0.1) is 6.92 Å². The van der Waals surface area contributed by atoms with E-state index in [0.717, 1.165) is 17.3 Å². The molecule has 7 heteroatoms. The lowest BCUT2D eigenvalue weighted by molar-refractivity contribution is -0.113. The molecule has 2 aromatic carbocycles. The molecule has 1 aliphatic heterocycles. The molecule has 0 aliphatic carbocycles. The summed E-state index contributed by atoms with van der Waals surface area (Å²) in [6.45, 7) is 2.39. The van der Waals surface area contributed by atoms with Crippen molar-refractivity contribution in [2.75, 3.05) is 0 Å². The van der Waals surface area contributed by atoms with Crippen LogP contribution in [0.15, 0.2) is 46.3 Å². The second-order valence-corrected chi connectivity index (χ2v) is 7.33. The third-order valence-corrected chi connectivity index (χ3v) is 4.83. The number of nitrogens with zero attached hydrogens (tertiary/aromatic N) is 1. The zero-order valence-electron chi connectivity index (χ0n) is 13.3. The average molecular weight is 393 g/mol. The van der Waals surface area contributed by atoms with Gasteiger partial charge in [0.2, 0.25) is 0 Å². The van der Waals surface area contributed by atoms with Gasteiger partial charge in [-0.05, 0) is 48.0 Å². The number of ether oxygens (including phenoxy) is 1. The van der Waals surface area contributed by atoms with Gasteiger partial charge in [-0.25, -0.2) is 0 Å². The second kappa shape index (κ2) is 7.52. The summed E-state index contributed by atoms with van der Waals surface area (Å²) in [5.41, 5.74) is 8.42. The van der Waals surface area contributed by atoms with E-state index >= 15 is 0 Å². The number of thioether (sulfide) groups is 1. The Morgan fingerprint density at radius 3 is 2.40 bits per heavy atom. The quantitative estimate of drug-likeness (QED) is 0.758. The van der Waals surface area contributed by atoms with Crippen molar-refractivity contribution < 1.29 is 9.53 Å². The summed E-state index contributed by atoms with van der Waals surface area (Å²) in [5, 5.41) is 0.970. The molecule has 0 spiro atoms. The standard InChI is InChI=1S/C18H14Cl2N2O2S/c1-10-2-4-11(5-3-10)9-24-16-13(19)6-12(7-14(16)20)8-15-17(23)22-18(21)25-15/h2-8H,9H2,1H3,(H2,21,22,23). The van der Waals surface area contributed by atoms with E-state index in [9.17, 15) is 4.79 Å². The molecule has 1 amide bonds. The molecule has 25 heavy (non-hydrogen) atoms. The lowest BCUT2D eigenvalue weighted by Crippen LogP contribution is -2.01. The van der Waals surface area contributed by atoms with Crippen molar-refractivity contribution in [3.05, 3.63) is 68.0 Å². The molecule has 1 heterocycles. The van der Waals surface area contributed by atoms with Gasteiger partial charge < -0.3 is 10.5 Å². The number of aliphatic imine (C=N–C) groups is 1. The van der Waals surface area contributed by atoms with Crippen LogP contribution in [0.1, 0.15) is 16.7 Å². The molecule has 0 unspecified atom stereocenters. The van der Waals surface area contributed by atoms with E-state index in [1.807, 2.05) is 31.2 Å². The van der Waals surface area contributed by atoms with Gasteiger partial charge in [-0.3, -0.25) is 4.79 Å². The molecular formula is C18H14Cl2N2O2S. The van der Waals surface area contributed by atoms with Crippen LogP contribution in [0.5, 0.6) is 5.75 Å². The molecule has 0 saturated heterocycles. The van der Waals surface area contributed by atoms with Gasteiger partial charge in [-0.15, -0.1) is 0 Å². The molecule has 0 saturated carbocycles. The third kappa shape index (κ3) is 4.37.